The number of thioether (sulfide) groups is 1. The minimum atomic E-state index is -0.326. The van der Waals surface area contributed by atoms with Crippen LogP contribution in [0.25, 0.3) is 0 Å². The fourth-order valence-electron chi connectivity index (χ4n) is 2.42. The van der Waals surface area contributed by atoms with E-state index in [1.165, 1.54) is 17.9 Å². The lowest BCUT2D eigenvalue weighted by Gasteiger charge is -2.24. The molecule has 0 aromatic heterocycles. The van der Waals surface area contributed by atoms with Gasteiger partial charge in [0.2, 0.25) is 0 Å². The molecule has 1 saturated heterocycles. The van der Waals surface area contributed by atoms with E-state index < -0.39 is 0 Å². The molecule has 1 aromatic carbocycles. The van der Waals surface area contributed by atoms with Crippen molar-refractivity contribution in [3.63, 3.8) is 0 Å². The topological polar surface area (TPSA) is 23.5 Å². The molecule has 0 aliphatic carbocycles. The van der Waals surface area contributed by atoms with Gasteiger partial charge in [0, 0.05) is 29.3 Å². The molecule has 1 fully saturated rings. The van der Waals surface area contributed by atoms with Crippen LogP contribution in [0.3, 0.4) is 0 Å². The molecule has 0 saturated carbocycles. The van der Waals surface area contributed by atoms with E-state index in [0.717, 1.165) is 25.1 Å². The van der Waals surface area contributed by atoms with Gasteiger partial charge in [0.15, 0.2) is 0 Å². The Balaban J connectivity index is 2.05. The van der Waals surface area contributed by atoms with E-state index in [-0.39, 0.29) is 6.10 Å². The maximum absolute atomic E-state index is 9.83. The van der Waals surface area contributed by atoms with Crippen LogP contribution in [-0.2, 0) is 0 Å². The third-order valence-corrected chi connectivity index (χ3v) is 5.24. The number of aliphatic hydroxyl groups is 1. The number of rotatable bonds is 3. The van der Waals surface area contributed by atoms with Crippen molar-refractivity contribution < 1.29 is 5.11 Å². The lowest BCUT2D eigenvalue weighted by atomic mass is 10.1. The second kappa shape index (κ2) is 6.19. The average Bonchev–Trinajstić information content (AvgIpc) is 2.59. The van der Waals surface area contributed by atoms with E-state index in [9.17, 15) is 5.11 Å². The van der Waals surface area contributed by atoms with E-state index in [0.29, 0.717) is 4.75 Å². The van der Waals surface area contributed by atoms with Gasteiger partial charge in [-0.1, -0.05) is 32.9 Å². The molecule has 1 aliphatic heterocycles. The first-order valence-corrected chi connectivity index (χ1v) is 8.17. The molecular weight excluding hydrogens is 254 g/mol. The van der Waals surface area contributed by atoms with Gasteiger partial charge in [-0.3, -0.25) is 0 Å². The summed E-state index contributed by atoms with van der Waals surface area (Å²) in [7, 11) is 0. The summed E-state index contributed by atoms with van der Waals surface area (Å²) in [5.41, 5.74) is 2.31. The van der Waals surface area contributed by atoms with Crippen LogP contribution in [0.15, 0.2) is 24.3 Å². The highest BCUT2D eigenvalue weighted by Crippen LogP contribution is 2.32. The second-order valence-electron chi connectivity index (χ2n) is 5.86. The molecule has 3 heteroatoms. The summed E-state index contributed by atoms with van der Waals surface area (Å²) in [6.45, 7) is 8.91. The Labute approximate surface area is 121 Å². The standard InChI is InChI=1S/C16H25NOS/c1-4-15(18)13-5-7-14(8-6-13)17-10-9-16(2,3)19-12-11-17/h5-8,15,18H,4,9-12H2,1-3H3/t15-/m1/s1. The zero-order valence-electron chi connectivity index (χ0n) is 12.2. The van der Waals surface area contributed by atoms with Crippen molar-refractivity contribution in [2.75, 3.05) is 23.7 Å². The van der Waals surface area contributed by atoms with Gasteiger partial charge in [0.25, 0.3) is 0 Å². The third kappa shape index (κ3) is 3.90. The quantitative estimate of drug-likeness (QED) is 0.909. The minimum absolute atomic E-state index is 0.326. The summed E-state index contributed by atoms with van der Waals surface area (Å²) in [6, 6.07) is 8.42. The predicted octanol–water partition coefficient (Wildman–Crippen LogP) is 3.85. The largest absolute Gasteiger partial charge is 0.388 e. The van der Waals surface area contributed by atoms with Gasteiger partial charge in [-0.15, -0.1) is 0 Å². The van der Waals surface area contributed by atoms with Crippen molar-refractivity contribution in [2.24, 2.45) is 0 Å². The van der Waals surface area contributed by atoms with E-state index in [1.54, 1.807) is 0 Å². The summed E-state index contributed by atoms with van der Waals surface area (Å²) in [4.78, 5) is 2.46. The van der Waals surface area contributed by atoms with Crippen molar-refractivity contribution in [2.45, 2.75) is 44.5 Å². The smallest absolute Gasteiger partial charge is 0.0787 e. The van der Waals surface area contributed by atoms with Gasteiger partial charge in [-0.2, -0.15) is 11.8 Å². The predicted molar refractivity (Wildman–Crippen MR) is 85.1 cm³/mol. The van der Waals surface area contributed by atoms with Crippen molar-refractivity contribution in [3.8, 4) is 0 Å². The average molecular weight is 279 g/mol. The Kier molecular flexibility index (Phi) is 4.80. The lowest BCUT2D eigenvalue weighted by Crippen LogP contribution is -2.26. The van der Waals surface area contributed by atoms with Gasteiger partial charge < -0.3 is 10.0 Å². The summed E-state index contributed by atoms with van der Waals surface area (Å²) in [5.74, 6) is 1.19. The molecule has 0 unspecified atom stereocenters. The molecule has 0 radical (unpaired) electrons. The molecule has 19 heavy (non-hydrogen) atoms. The van der Waals surface area contributed by atoms with Gasteiger partial charge >= 0.3 is 0 Å². The Morgan fingerprint density at radius 1 is 1.26 bits per heavy atom. The third-order valence-electron chi connectivity index (χ3n) is 3.87. The van der Waals surface area contributed by atoms with Crippen molar-refractivity contribution >= 4 is 17.4 Å². The Morgan fingerprint density at radius 2 is 1.95 bits per heavy atom. The molecule has 1 aliphatic rings. The van der Waals surface area contributed by atoms with Crippen molar-refractivity contribution in [1.82, 2.24) is 0 Å². The summed E-state index contributed by atoms with van der Waals surface area (Å²) < 4.78 is 0.396. The molecule has 106 valence electrons. The van der Waals surface area contributed by atoms with Crippen LogP contribution >= 0.6 is 11.8 Å². The minimum Gasteiger partial charge on any atom is -0.388 e. The molecule has 2 nitrogen and oxygen atoms in total. The highest BCUT2D eigenvalue weighted by molar-refractivity contribution is 8.00. The van der Waals surface area contributed by atoms with E-state index in [2.05, 4.69) is 54.8 Å². The maximum atomic E-state index is 9.83. The van der Waals surface area contributed by atoms with E-state index in [1.807, 2.05) is 6.92 Å². The zero-order chi connectivity index (χ0) is 13.9. The Morgan fingerprint density at radius 3 is 2.58 bits per heavy atom. The molecule has 0 bridgehead atoms. The van der Waals surface area contributed by atoms with Crippen molar-refractivity contribution in [1.29, 1.82) is 0 Å². The van der Waals surface area contributed by atoms with Gasteiger partial charge in [0.05, 0.1) is 6.10 Å². The summed E-state index contributed by atoms with van der Waals surface area (Å²) in [5, 5.41) is 9.83. The number of hydrogen-bond donors (Lipinski definition) is 1. The van der Waals surface area contributed by atoms with E-state index in [4.69, 9.17) is 0 Å². The highest BCUT2D eigenvalue weighted by Gasteiger charge is 2.23. The van der Waals surface area contributed by atoms with Crippen LogP contribution in [-0.4, -0.2) is 28.7 Å². The number of aliphatic hydroxyl groups excluding tert-OH is 1. The second-order valence-corrected chi connectivity index (χ2v) is 7.66. The molecule has 1 aromatic rings. The number of anilines is 1. The van der Waals surface area contributed by atoms with E-state index >= 15 is 0 Å². The zero-order valence-corrected chi connectivity index (χ0v) is 13.0. The van der Waals surface area contributed by atoms with Crippen LogP contribution in [0.1, 0.15) is 45.3 Å². The molecular formula is C16H25NOS. The maximum Gasteiger partial charge on any atom is 0.0787 e. The first-order chi connectivity index (χ1) is 9.02. The Bertz CT molecular complexity index is 402. The molecule has 0 spiro atoms. The van der Waals surface area contributed by atoms with Crippen LogP contribution in [0, 0.1) is 0 Å². The number of hydrogen-bond acceptors (Lipinski definition) is 3. The van der Waals surface area contributed by atoms with Crippen molar-refractivity contribution in [3.05, 3.63) is 29.8 Å². The molecule has 1 atom stereocenters. The Hall–Kier alpha value is -0.670. The molecule has 2 rings (SSSR count). The first-order valence-electron chi connectivity index (χ1n) is 7.19. The fourth-order valence-corrected chi connectivity index (χ4v) is 3.52. The number of benzene rings is 1. The highest BCUT2D eigenvalue weighted by atomic mass is 32.2. The normalized spacial score (nSPS) is 20.9. The van der Waals surface area contributed by atoms with Gasteiger partial charge in [0.1, 0.15) is 0 Å². The van der Waals surface area contributed by atoms with Gasteiger partial charge in [-0.25, -0.2) is 0 Å². The number of nitrogens with zero attached hydrogens (tertiary/aromatic N) is 1. The monoisotopic (exact) mass is 279 g/mol. The van der Waals surface area contributed by atoms with Gasteiger partial charge in [-0.05, 0) is 30.5 Å². The molecule has 1 N–H and O–H groups in total. The van der Waals surface area contributed by atoms with Crippen LogP contribution in [0.5, 0.6) is 0 Å². The SMILES string of the molecule is CC[C@@H](O)c1ccc(N2CCSC(C)(C)CC2)cc1. The van der Waals surface area contributed by atoms with Crippen LogP contribution in [0.4, 0.5) is 5.69 Å². The van der Waals surface area contributed by atoms with Crippen LogP contribution < -0.4 is 4.90 Å². The van der Waals surface area contributed by atoms with Crippen LogP contribution in [0.2, 0.25) is 0 Å². The summed E-state index contributed by atoms with van der Waals surface area (Å²) in [6.07, 6.45) is 1.66. The lowest BCUT2D eigenvalue weighted by molar-refractivity contribution is 0.173. The molecule has 0 amide bonds. The fraction of sp³-hybridized carbons (Fsp3) is 0.625. The first kappa shape index (κ1) is 14.7. The summed E-state index contributed by atoms with van der Waals surface area (Å²) >= 11 is 2.07. The molecule has 1 heterocycles.